The molecule has 0 saturated carbocycles. The Hall–Kier alpha value is -1.98. The van der Waals surface area contributed by atoms with Crippen molar-refractivity contribution in [2.75, 3.05) is 0 Å². The van der Waals surface area contributed by atoms with Crippen LogP contribution in [0.5, 0.6) is 0 Å². The van der Waals surface area contributed by atoms with E-state index in [9.17, 15) is 4.79 Å². The van der Waals surface area contributed by atoms with Crippen LogP contribution in [0.4, 0.5) is 0 Å². The van der Waals surface area contributed by atoms with E-state index >= 15 is 0 Å². The molecule has 23 heavy (non-hydrogen) atoms. The van der Waals surface area contributed by atoms with Crippen LogP contribution in [0.1, 0.15) is 17.4 Å². The van der Waals surface area contributed by atoms with Gasteiger partial charge in [0.1, 0.15) is 0 Å². The zero-order valence-electron chi connectivity index (χ0n) is 12.5. The summed E-state index contributed by atoms with van der Waals surface area (Å²) in [7, 11) is 0. The van der Waals surface area contributed by atoms with E-state index in [-0.39, 0.29) is 5.91 Å². The van der Waals surface area contributed by atoms with Crippen molar-refractivity contribution in [3.8, 4) is 0 Å². The van der Waals surface area contributed by atoms with Gasteiger partial charge >= 0.3 is 0 Å². The zero-order chi connectivity index (χ0) is 16.2. The first kappa shape index (κ1) is 15.9. The van der Waals surface area contributed by atoms with Crippen LogP contribution in [0.2, 0.25) is 0 Å². The average molecular weight is 387 g/mol. The van der Waals surface area contributed by atoms with E-state index in [1.54, 1.807) is 11.3 Å². The number of amides is 1. The van der Waals surface area contributed by atoms with Crippen molar-refractivity contribution in [1.29, 1.82) is 0 Å². The van der Waals surface area contributed by atoms with Gasteiger partial charge in [0, 0.05) is 9.35 Å². The summed E-state index contributed by atoms with van der Waals surface area (Å²) >= 11 is 5.15. The molecule has 116 valence electrons. The molecule has 2 aromatic carbocycles. The summed E-state index contributed by atoms with van der Waals surface area (Å²) in [5.41, 5.74) is 4.45. The number of hydrazone groups is 1. The third-order valence-corrected chi connectivity index (χ3v) is 5.21. The zero-order valence-corrected chi connectivity index (χ0v) is 14.9. The van der Waals surface area contributed by atoms with Crippen LogP contribution in [0.3, 0.4) is 0 Å². The predicted molar refractivity (Wildman–Crippen MR) is 100 cm³/mol. The maximum absolute atomic E-state index is 12.2. The number of carbonyl (C=O) groups excluding carboxylic acids is 1. The Labute approximate surface area is 147 Å². The van der Waals surface area contributed by atoms with Crippen molar-refractivity contribution in [2.24, 2.45) is 5.10 Å². The van der Waals surface area contributed by atoms with Gasteiger partial charge < -0.3 is 0 Å². The number of rotatable bonds is 4. The lowest BCUT2D eigenvalue weighted by molar-refractivity contribution is -0.120. The van der Waals surface area contributed by atoms with E-state index in [2.05, 4.69) is 26.5 Å². The van der Waals surface area contributed by atoms with Gasteiger partial charge in [0.15, 0.2) is 0 Å². The molecule has 0 radical (unpaired) electrons. The number of nitrogens with one attached hydrogen (secondary N) is 1. The number of hydrogen-bond donors (Lipinski definition) is 1. The Morgan fingerprint density at radius 3 is 2.65 bits per heavy atom. The van der Waals surface area contributed by atoms with Crippen molar-refractivity contribution in [1.82, 2.24) is 5.43 Å². The van der Waals surface area contributed by atoms with E-state index in [1.807, 2.05) is 60.8 Å². The number of carbonyl (C=O) groups is 1. The maximum Gasteiger partial charge on any atom is 0.244 e. The Morgan fingerprint density at radius 2 is 1.91 bits per heavy atom. The first-order valence-corrected chi connectivity index (χ1v) is 8.85. The Kier molecular flexibility index (Phi) is 4.88. The molecule has 0 fully saturated rings. The highest BCUT2D eigenvalue weighted by molar-refractivity contribution is 9.10. The smallest absolute Gasteiger partial charge is 0.244 e. The molecule has 3 aromatic rings. The molecule has 3 rings (SSSR count). The third kappa shape index (κ3) is 3.68. The minimum absolute atomic E-state index is 0.117. The lowest BCUT2D eigenvalue weighted by Crippen LogP contribution is -2.21. The fraction of sp³-hybridized carbons (Fsp3) is 0.111. The lowest BCUT2D eigenvalue weighted by atomic mass is 10.0. The van der Waals surface area contributed by atoms with Crippen LogP contribution in [0.25, 0.3) is 10.8 Å². The van der Waals surface area contributed by atoms with E-state index in [0.29, 0.717) is 6.42 Å². The van der Waals surface area contributed by atoms with E-state index in [0.717, 1.165) is 31.4 Å². The molecule has 1 amide bonds. The number of hydrogen-bond acceptors (Lipinski definition) is 3. The van der Waals surface area contributed by atoms with Crippen molar-refractivity contribution < 1.29 is 4.79 Å². The van der Waals surface area contributed by atoms with Crippen LogP contribution in [-0.2, 0) is 11.2 Å². The van der Waals surface area contributed by atoms with Crippen LogP contribution in [0, 0.1) is 0 Å². The molecular formula is C18H15BrN2OS. The van der Waals surface area contributed by atoms with E-state index in [1.165, 1.54) is 0 Å². The summed E-state index contributed by atoms with van der Waals surface area (Å²) in [5.74, 6) is -0.117. The van der Waals surface area contributed by atoms with Gasteiger partial charge in [-0.1, -0.05) is 52.3 Å². The van der Waals surface area contributed by atoms with E-state index < -0.39 is 0 Å². The van der Waals surface area contributed by atoms with Crippen LogP contribution >= 0.6 is 27.3 Å². The highest BCUT2D eigenvalue weighted by Gasteiger charge is 2.08. The van der Waals surface area contributed by atoms with E-state index in [4.69, 9.17) is 0 Å². The summed E-state index contributed by atoms with van der Waals surface area (Å²) in [6.45, 7) is 1.89. The summed E-state index contributed by atoms with van der Waals surface area (Å²) in [6, 6.07) is 15.9. The monoisotopic (exact) mass is 386 g/mol. The summed E-state index contributed by atoms with van der Waals surface area (Å²) in [5, 5.41) is 8.36. The molecule has 3 nitrogen and oxygen atoms in total. The standard InChI is InChI=1S/C18H15BrN2OS/c1-12(17-7-4-10-23-17)20-21-18(22)11-13-8-9-16(19)15-6-3-2-5-14(13)15/h2-10H,11H2,1H3,(H,21,22)/b20-12-. The van der Waals surface area contributed by atoms with Gasteiger partial charge in [0.05, 0.1) is 12.1 Å². The molecule has 0 spiro atoms. The maximum atomic E-state index is 12.2. The molecule has 0 aliphatic heterocycles. The average Bonchev–Trinajstić information content (AvgIpc) is 3.10. The van der Waals surface area contributed by atoms with Crippen LogP contribution < -0.4 is 5.43 Å². The normalized spacial score (nSPS) is 11.7. The van der Waals surface area contributed by atoms with Gasteiger partial charge in [0.25, 0.3) is 0 Å². The molecule has 1 N–H and O–H groups in total. The van der Waals surface area contributed by atoms with Gasteiger partial charge in [0.2, 0.25) is 5.91 Å². The third-order valence-electron chi connectivity index (χ3n) is 3.54. The summed E-state index contributed by atoms with van der Waals surface area (Å²) in [4.78, 5) is 13.2. The Bertz CT molecular complexity index is 872. The van der Waals surface area contributed by atoms with Crippen LogP contribution in [0.15, 0.2) is 63.5 Å². The number of halogens is 1. The molecule has 0 aliphatic rings. The molecule has 0 atom stereocenters. The molecule has 0 bridgehead atoms. The second kappa shape index (κ2) is 7.06. The summed E-state index contributed by atoms with van der Waals surface area (Å²) in [6.07, 6.45) is 0.301. The number of thiophene rings is 1. The van der Waals surface area contributed by atoms with Gasteiger partial charge in [-0.05, 0) is 40.8 Å². The Morgan fingerprint density at radius 1 is 1.13 bits per heavy atom. The van der Waals surface area contributed by atoms with Crippen molar-refractivity contribution in [3.63, 3.8) is 0 Å². The minimum atomic E-state index is -0.117. The number of benzene rings is 2. The topological polar surface area (TPSA) is 41.5 Å². The molecule has 1 heterocycles. The SMILES string of the molecule is C/C(=N/NC(=O)Cc1ccc(Br)c2ccccc12)c1cccs1. The van der Waals surface area contributed by atoms with Crippen molar-refractivity contribution in [2.45, 2.75) is 13.3 Å². The highest BCUT2D eigenvalue weighted by atomic mass is 79.9. The molecule has 0 aliphatic carbocycles. The lowest BCUT2D eigenvalue weighted by Gasteiger charge is -2.08. The predicted octanol–water partition coefficient (Wildman–Crippen LogP) is 4.75. The molecule has 0 unspecified atom stereocenters. The number of fused-ring (bicyclic) bond motifs is 1. The van der Waals surface area contributed by atoms with Crippen LogP contribution in [-0.4, -0.2) is 11.6 Å². The fourth-order valence-corrected chi connectivity index (χ4v) is 3.53. The van der Waals surface area contributed by atoms with Gasteiger partial charge in [-0.3, -0.25) is 4.79 Å². The van der Waals surface area contributed by atoms with Crippen molar-refractivity contribution >= 4 is 49.7 Å². The summed E-state index contributed by atoms with van der Waals surface area (Å²) < 4.78 is 1.03. The van der Waals surface area contributed by atoms with Crippen molar-refractivity contribution in [3.05, 3.63) is 68.8 Å². The molecule has 0 saturated heterocycles. The molecule has 1 aromatic heterocycles. The van der Waals surface area contributed by atoms with Gasteiger partial charge in [-0.15, -0.1) is 11.3 Å². The fourth-order valence-electron chi connectivity index (χ4n) is 2.38. The highest BCUT2D eigenvalue weighted by Crippen LogP contribution is 2.27. The Balaban J connectivity index is 1.76. The van der Waals surface area contributed by atoms with Gasteiger partial charge in [-0.2, -0.15) is 5.10 Å². The van der Waals surface area contributed by atoms with Gasteiger partial charge in [-0.25, -0.2) is 5.43 Å². The molecular weight excluding hydrogens is 372 g/mol. The minimum Gasteiger partial charge on any atom is -0.273 e. The second-order valence-corrected chi connectivity index (χ2v) is 6.94. The largest absolute Gasteiger partial charge is 0.273 e. The first-order chi connectivity index (χ1) is 11.1. The molecule has 5 heteroatoms. The number of nitrogens with zero attached hydrogens (tertiary/aromatic N) is 1. The quantitative estimate of drug-likeness (QED) is 0.510. The second-order valence-electron chi connectivity index (χ2n) is 5.14. The first-order valence-electron chi connectivity index (χ1n) is 7.18.